The molecule has 0 fully saturated rings. The molecule has 0 aliphatic carbocycles. The molecule has 4 N–H and O–H groups in total. The van der Waals surface area contributed by atoms with Crippen molar-refractivity contribution in [3.05, 3.63) is 17.2 Å². The van der Waals surface area contributed by atoms with Gasteiger partial charge in [0.1, 0.15) is 0 Å². The molecular formula is C10H18N6. The molecule has 2 rings (SSSR count). The van der Waals surface area contributed by atoms with Crippen molar-refractivity contribution in [2.24, 2.45) is 5.84 Å². The molecule has 0 radical (unpaired) electrons. The molecule has 88 valence electrons. The fraction of sp³-hybridized carbons (Fsp3) is 0.600. The van der Waals surface area contributed by atoms with Gasteiger partial charge < -0.3 is 9.88 Å². The van der Waals surface area contributed by atoms with Crippen LogP contribution in [0.15, 0.2) is 0 Å². The Morgan fingerprint density at radius 2 is 2.25 bits per heavy atom. The van der Waals surface area contributed by atoms with Crippen molar-refractivity contribution in [3.63, 3.8) is 0 Å². The summed E-state index contributed by atoms with van der Waals surface area (Å²) < 4.78 is 2.08. The Labute approximate surface area is 94.9 Å². The number of nitrogens with zero attached hydrogens (tertiary/aromatic N) is 3. The monoisotopic (exact) mass is 222 g/mol. The van der Waals surface area contributed by atoms with Gasteiger partial charge >= 0.3 is 0 Å². The van der Waals surface area contributed by atoms with Crippen LogP contribution < -0.4 is 11.2 Å². The molecule has 0 bridgehead atoms. The van der Waals surface area contributed by atoms with E-state index in [0.29, 0.717) is 5.82 Å². The van der Waals surface area contributed by atoms with Crippen LogP contribution in [-0.2, 0) is 13.1 Å². The van der Waals surface area contributed by atoms with Crippen molar-refractivity contribution >= 4 is 5.84 Å². The Bertz CT molecular complexity index is 417. The fourth-order valence-electron chi connectivity index (χ4n) is 2.02. The molecule has 0 amide bonds. The van der Waals surface area contributed by atoms with E-state index in [0.717, 1.165) is 18.8 Å². The van der Waals surface area contributed by atoms with E-state index in [-0.39, 0.29) is 11.9 Å². The molecular weight excluding hydrogens is 204 g/mol. The molecule has 16 heavy (non-hydrogen) atoms. The average molecular weight is 222 g/mol. The third-order valence-corrected chi connectivity index (χ3v) is 2.76. The summed E-state index contributed by atoms with van der Waals surface area (Å²) in [4.78, 5) is 4.49. The summed E-state index contributed by atoms with van der Waals surface area (Å²) in [6, 6.07) is 0.284. The lowest BCUT2D eigenvalue weighted by molar-refractivity contribution is 0.510. The van der Waals surface area contributed by atoms with E-state index in [1.807, 2.05) is 0 Å². The van der Waals surface area contributed by atoms with E-state index in [1.54, 1.807) is 7.05 Å². The molecule has 0 atom stereocenters. The summed E-state index contributed by atoms with van der Waals surface area (Å²) in [6.45, 7) is 5.78. The number of nitrogens with two attached hydrogens (primary N) is 1. The molecule has 1 aliphatic heterocycles. The minimum absolute atomic E-state index is 0.253. The molecule has 0 saturated heterocycles. The molecule has 1 aromatic heterocycles. The molecule has 6 nitrogen and oxygen atoms in total. The number of rotatable bonds is 2. The van der Waals surface area contributed by atoms with E-state index in [4.69, 9.17) is 11.3 Å². The van der Waals surface area contributed by atoms with Gasteiger partial charge in [-0.1, -0.05) is 0 Å². The van der Waals surface area contributed by atoms with E-state index in [1.165, 1.54) is 10.7 Å². The predicted octanol–water partition coefficient (Wildman–Crippen LogP) is 0.198. The molecule has 1 aromatic rings. The zero-order valence-electron chi connectivity index (χ0n) is 9.91. The van der Waals surface area contributed by atoms with Crippen LogP contribution in [0.25, 0.3) is 0 Å². The van der Waals surface area contributed by atoms with E-state index < -0.39 is 0 Å². The smallest absolute Gasteiger partial charge is 0.178 e. The van der Waals surface area contributed by atoms with Crippen molar-refractivity contribution < 1.29 is 0 Å². The number of nitrogens with one attached hydrogen (secondary N) is 2. The second-order valence-electron chi connectivity index (χ2n) is 4.36. The number of hydrazine groups is 1. The molecule has 0 aromatic carbocycles. The minimum Gasteiger partial charge on any atom is -0.321 e. The van der Waals surface area contributed by atoms with Gasteiger partial charge in [0.2, 0.25) is 0 Å². The largest absolute Gasteiger partial charge is 0.321 e. The highest BCUT2D eigenvalue weighted by Crippen LogP contribution is 2.22. The summed E-state index contributed by atoms with van der Waals surface area (Å²) in [6.07, 6.45) is 0. The zero-order valence-corrected chi connectivity index (χ0v) is 9.91. The van der Waals surface area contributed by atoms with Crippen molar-refractivity contribution in [2.45, 2.75) is 33.0 Å². The number of fused-ring (bicyclic) bond motifs is 1. The van der Waals surface area contributed by atoms with Crippen LogP contribution in [0.4, 0.5) is 0 Å². The maximum absolute atomic E-state index is 7.93. The predicted molar refractivity (Wildman–Crippen MR) is 61.9 cm³/mol. The number of hydrogen-bond donors (Lipinski definition) is 3. The van der Waals surface area contributed by atoms with Crippen LogP contribution in [0.5, 0.6) is 0 Å². The van der Waals surface area contributed by atoms with Crippen LogP contribution in [0.1, 0.15) is 37.1 Å². The third-order valence-electron chi connectivity index (χ3n) is 2.76. The molecule has 1 aliphatic rings. The van der Waals surface area contributed by atoms with Gasteiger partial charge in [-0.2, -0.15) is 0 Å². The highest BCUT2D eigenvalue weighted by Gasteiger charge is 2.25. The van der Waals surface area contributed by atoms with Crippen molar-refractivity contribution in [3.8, 4) is 0 Å². The van der Waals surface area contributed by atoms with Crippen molar-refractivity contribution in [1.29, 1.82) is 5.41 Å². The van der Waals surface area contributed by atoms with Crippen LogP contribution in [-0.4, -0.2) is 27.4 Å². The first kappa shape index (κ1) is 11.1. The molecule has 0 unspecified atom stereocenters. The third kappa shape index (κ3) is 1.60. The number of aromatic nitrogens is 2. The highest BCUT2D eigenvalue weighted by atomic mass is 15.4. The van der Waals surface area contributed by atoms with Crippen LogP contribution >= 0.6 is 0 Å². The second-order valence-corrected chi connectivity index (χ2v) is 4.36. The fourth-order valence-corrected chi connectivity index (χ4v) is 2.02. The van der Waals surface area contributed by atoms with Gasteiger partial charge in [0, 0.05) is 26.2 Å². The summed E-state index contributed by atoms with van der Waals surface area (Å²) >= 11 is 0. The molecule has 2 heterocycles. The first-order valence-corrected chi connectivity index (χ1v) is 5.40. The maximum Gasteiger partial charge on any atom is 0.178 e. The zero-order chi connectivity index (χ0) is 11.9. The van der Waals surface area contributed by atoms with E-state index >= 15 is 0 Å². The molecule has 6 heteroatoms. The Kier molecular flexibility index (Phi) is 2.69. The number of hydrogen-bond acceptors (Lipinski definition) is 4. The molecule has 0 spiro atoms. The quantitative estimate of drug-likeness (QED) is 0.289. The highest BCUT2D eigenvalue weighted by molar-refractivity contribution is 5.92. The SMILES string of the molecule is CC(C)n1c(C(=N)N(C)N)nc2c1CNC2. The van der Waals surface area contributed by atoms with Crippen LogP contribution in [0.2, 0.25) is 0 Å². The lowest BCUT2D eigenvalue weighted by Crippen LogP contribution is -2.35. The Morgan fingerprint density at radius 1 is 1.56 bits per heavy atom. The Morgan fingerprint density at radius 3 is 2.81 bits per heavy atom. The first-order chi connectivity index (χ1) is 7.52. The second kappa shape index (κ2) is 3.88. The van der Waals surface area contributed by atoms with Gasteiger partial charge in [0.25, 0.3) is 0 Å². The summed E-state index contributed by atoms with van der Waals surface area (Å²) in [7, 11) is 1.66. The topological polar surface area (TPSA) is 83.0 Å². The van der Waals surface area contributed by atoms with E-state index in [2.05, 4.69) is 28.7 Å². The lowest BCUT2D eigenvalue weighted by atomic mass is 10.3. The van der Waals surface area contributed by atoms with Gasteiger partial charge in [-0.3, -0.25) is 10.4 Å². The van der Waals surface area contributed by atoms with E-state index in [9.17, 15) is 0 Å². The standard InChI is InChI=1S/C10H18N6/c1-6(2)16-8-5-13-4-7(8)14-10(16)9(11)15(3)12/h6,11,13H,4-5,12H2,1-3H3. The normalized spacial score (nSPS) is 14.3. The Balaban J connectivity index is 2.50. The van der Waals surface area contributed by atoms with Crippen LogP contribution in [0, 0.1) is 5.41 Å². The number of imidazole rings is 1. The first-order valence-electron chi connectivity index (χ1n) is 5.40. The summed E-state index contributed by atoms with van der Waals surface area (Å²) in [5.41, 5.74) is 2.21. The minimum atomic E-state index is 0.253. The van der Waals surface area contributed by atoms with Crippen molar-refractivity contribution in [2.75, 3.05) is 7.05 Å². The van der Waals surface area contributed by atoms with Crippen molar-refractivity contribution in [1.82, 2.24) is 19.9 Å². The van der Waals surface area contributed by atoms with Crippen LogP contribution in [0.3, 0.4) is 0 Å². The van der Waals surface area contributed by atoms with Gasteiger partial charge in [-0.15, -0.1) is 0 Å². The summed E-state index contributed by atoms with van der Waals surface area (Å²) in [5.74, 6) is 6.51. The number of amidine groups is 1. The molecule has 0 saturated carbocycles. The maximum atomic E-state index is 7.93. The average Bonchev–Trinajstić information content (AvgIpc) is 2.73. The van der Waals surface area contributed by atoms with Gasteiger partial charge in [0.05, 0.1) is 11.4 Å². The summed E-state index contributed by atoms with van der Waals surface area (Å²) in [5, 5.41) is 12.5. The van der Waals surface area contributed by atoms with Gasteiger partial charge in [-0.25, -0.2) is 10.8 Å². The Hall–Kier alpha value is -1.40. The lowest BCUT2D eigenvalue weighted by Gasteiger charge is -2.18. The van der Waals surface area contributed by atoms with Gasteiger partial charge in [-0.05, 0) is 13.8 Å². The van der Waals surface area contributed by atoms with Gasteiger partial charge in [0.15, 0.2) is 11.7 Å².